The molecule has 1 aliphatic rings. The maximum Gasteiger partial charge on any atom is 0.411 e. The highest BCUT2D eigenvalue weighted by Gasteiger charge is 2.28. The molecule has 2 N–H and O–H groups in total. The summed E-state index contributed by atoms with van der Waals surface area (Å²) in [5.41, 5.74) is 2.46. The molecule has 1 unspecified atom stereocenters. The molecule has 3 rings (SSSR count). The zero-order chi connectivity index (χ0) is 16.2. The second kappa shape index (κ2) is 7.84. The van der Waals surface area contributed by atoms with Crippen LogP contribution in [-0.2, 0) is 11.2 Å². The van der Waals surface area contributed by atoms with Crippen molar-refractivity contribution in [2.45, 2.75) is 18.9 Å². The smallest absolute Gasteiger partial charge is 0.411 e. The van der Waals surface area contributed by atoms with Gasteiger partial charge in [-0.25, -0.2) is 4.79 Å². The molecule has 2 aromatic rings. The maximum absolute atomic E-state index is 12.3. The lowest BCUT2D eigenvalue weighted by atomic mass is 9.96. The summed E-state index contributed by atoms with van der Waals surface area (Å²) in [5.74, 6) is -0.0558. The summed E-state index contributed by atoms with van der Waals surface area (Å²) >= 11 is 0. The Bertz CT molecular complexity index is 721. The van der Waals surface area contributed by atoms with Gasteiger partial charge >= 0.3 is 6.09 Å². The second-order valence-electron chi connectivity index (χ2n) is 5.56. The molecule has 2 aromatic carbocycles. The van der Waals surface area contributed by atoms with Gasteiger partial charge in [0.05, 0.1) is 18.2 Å². The molecule has 5 nitrogen and oxygen atoms in total. The van der Waals surface area contributed by atoms with Crippen molar-refractivity contribution < 1.29 is 14.7 Å². The third-order valence-corrected chi connectivity index (χ3v) is 4.02. The van der Waals surface area contributed by atoms with Crippen molar-refractivity contribution in [1.29, 1.82) is 0 Å². The molecule has 1 aliphatic heterocycles. The van der Waals surface area contributed by atoms with Crippen LogP contribution < -0.4 is 10.2 Å². The molecule has 0 aliphatic carbocycles. The Labute approximate surface area is 146 Å². The van der Waals surface area contributed by atoms with Gasteiger partial charge < -0.3 is 10.4 Å². The first-order valence-corrected chi connectivity index (χ1v) is 7.58. The molecule has 0 saturated carbocycles. The highest BCUT2D eigenvalue weighted by molar-refractivity contribution is 5.88. The lowest BCUT2D eigenvalue weighted by Gasteiger charge is -2.33. The average Bonchev–Trinajstić information content (AvgIpc) is 2.55. The van der Waals surface area contributed by atoms with Crippen LogP contribution in [0.25, 0.3) is 0 Å². The molecule has 6 heteroatoms. The van der Waals surface area contributed by atoms with Crippen LogP contribution in [0, 0.1) is 0 Å². The fraction of sp³-hybridized carbons (Fsp3) is 0.222. The van der Waals surface area contributed by atoms with E-state index in [0.29, 0.717) is 25.1 Å². The van der Waals surface area contributed by atoms with Crippen LogP contribution in [0.3, 0.4) is 0 Å². The molecule has 2 amide bonds. The van der Waals surface area contributed by atoms with E-state index < -0.39 is 6.09 Å². The monoisotopic (exact) mass is 346 g/mol. The highest BCUT2D eigenvalue weighted by atomic mass is 35.5. The molecule has 0 radical (unpaired) electrons. The van der Waals surface area contributed by atoms with E-state index in [1.807, 2.05) is 48.5 Å². The Hall–Kier alpha value is -2.53. The molecule has 0 bridgehead atoms. The number of anilines is 1. The van der Waals surface area contributed by atoms with Gasteiger partial charge in [0.15, 0.2) is 0 Å². The number of rotatable bonds is 3. The van der Waals surface area contributed by atoms with Gasteiger partial charge in [0.25, 0.3) is 0 Å². The van der Waals surface area contributed by atoms with E-state index in [1.54, 1.807) is 6.07 Å². The van der Waals surface area contributed by atoms with Crippen LogP contribution in [0.1, 0.15) is 23.6 Å². The third-order valence-electron chi connectivity index (χ3n) is 4.02. The number of halogens is 1. The standard InChI is InChI=1S/C18H18N2O3.ClH/c21-17(12-13-6-2-1-3-7-13)19-15-10-11-20(18(22)23)16-9-5-4-8-14(15)16;/h1-9,15H,10-12H2,(H,19,21)(H,22,23);1H. The number of carboxylic acid groups (broad SMARTS) is 1. The Morgan fingerprint density at radius 1 is 1.08 bits per heavy atom. The molecule has 126 valence electrons. The lowest BCUT2D eigenvalue weighted by molar-refractivity contribution is -0.121. The van der Waals surface area contributed by atoms with Gasteiger partial charge in [-0.3, -0.25) is 9.69 Å². The fourth-order valence-corrected chi connectivity index (χ4v) is 2.94. The van der Waals surface area contributed by atoms with Crippen molar-refractivity contribution in [1.82, 2.24) is 5.32 Å². The van der Waals surface area contributed by atoms with Crippen LogP contribution in [-0.4, -0.2) is 23.7 Å². The van der Waals surface area contributed by atoms with Crippen LogP contribution in [0.5, 0.6) is 0 Å². The number of carbonyl (C=O) groups is 2. The minimum absolute atomic E-state index is 0. The number of fused-ring (bicyclic) bond motifs is 1. The molecule has 0 aromatic heterocycles. The zero-order valence-corrected chi connectivity index (χ0v) is 13.8. The molecule has 1 atom stereocenters. The Morgan fingerprint density at radius 2 is 1.75 bits per heavy atom. The summed E-state index contributed by atoms with van der Waals surface area (Å²) < 4.78 is 0. The molecule has 24 heavy (non-hydrogen) atoms. The number of amides is 2. The lowest BCUT2D eigenvalue weighted by Crippen LogP contribution is -2.40. The van der Waals surface area contributed by atoms with E-state index in [1.165, 1.54) is 4.90 Å². The summed E-state index contributed by atoms with van der Waals surface area (Å²) in [6.07, 6.45) is -0.0714. The van der Waals surface area contributed by atoms with Crippen LogP contribution in [0.4, 0.5) is 10.5 Å². The van der Waals surface area contributed by atoms with Crippen LogP contribution >= 0.6 is 12.4 Å². The predicted octanol–water partition coefficient (Wildman–Crippen LogP) is 3.40. The van der Waals surface area contributed by atoms with Crippen molar-refractivity contribution in [3.63, 3.8) is 0 Å². The van der Waals surface area contributed by atoms with Gasteiger partial charge in [-0.15, -0.1) is 12.4 Å². The molecule has 0 saturated heterocycles. The first-order valence-electron chi connectivity index (χ1n) is 7.58. The third kappa shape index (κ3) is 3.86. The van der Waals surface area contributed by atoms with E-state index in [9.17, 15) is 14.7 Å². The number of nitrogens with one attached hydrogen (secondary N) is 1. The summed E-state index contributed by atoms with van der Waals surface area (Å²) in [6, 6.07) is 16.7. The molecule has 0 spiro atoms. The highest BCUT2D eigenvalue weighted by Crippen LogP contribution is 2.33. The van der Waals surface area contributed by atoms with E-state index in [4.69, 9.17) is 0 Å². The number of para-hydroxylation sites is 1. The van der Waals surface area contributed by atoms with E-state index in [2.05, 4.69) is 5.32 Å². The van der Waals surface area contributed by atoms with Crippen molar-refractivity contribution in [2.24, 2.45) is 0 Å². The van der Waals surface area contributed by atoms with Crippen LogP contribution in [0.2, 0.25) is 0 Å². The molecule has 1 heterocycles. The summed E-state index contributed by atoms with van der Waals surface area (Å²) in [7, 11) is 0. The van der Waals surface area contributed by atoms with Gasteiger partial charge in [0.1, 0.15) is 0 Å². The minimum atomic E-state index is -0.966. The Morgan fingerprint density at radius 3 is 2.46 bits per heavy atom. The largest absolute Gasteiger partial charge is 0.465 e. The summed E-state index contributed by atoms with van der Waals surface area (Å²) in [4.78, 5) is 24.9. The van der Waals surface area contributed by atoms with Crippen molar-refractivity contribution in [2.75, 3.05) is 11.4 Å². The first kappa shape index (κ1) is 17.8. The zero-order valence-electron chi connectivity index (χ0n) is 13.0. The van der Waals surface area contributed by atoms with E-state index in [-0.39, 0.29) is 24.4 Å². The SMILES string of the molecule is Cl.O=C(Cc1ccccc1)NC1CCN(C(=O)O)c2ccccc21. The number of hydrogen-bond acceptors (Lipinski definition) is 2. The van der Waals surface area contributed by atoms with Gasteiger partial charge in [-0.1, -0.05) is 48.5 Å². The van der Waals surface area contributed by atoms with Gasteiger partial charge in [-0.05, 0) is 23.6 Å². The predicted molar refractivity (Wildman–Crippen MR) is 94.7 cm³/mol. The van der Waals surface area contributed by atoms with E-state index >= 15 is 0 Å². The van der Waals surface area contributed by atoms with Crippen molar-refractivity contribution >= 4 is 30.1 Å². The van der Waals surface area contributed by atoms with Crippen molar-refractivity contribution in [3.8, 4) is 0 Å². The first-order chi connectivity index (χ1) is 11.1. The van der Waals surface area contributed by atoms with Gasteiger partial charge in [0.2, 0.25) is 5.91 Å². The summed E-state index contributed by atoms with van der Waals surface area (Å²) in [5, 5.41) is 12.3. The van der Waals surface area contributed by atoms with Crippen molar-refractivity contribution in [3.05, 3.63) is 65.7 Å². The molecular weight excluding hydrogens is 328 g/mol. The number of nitrogens with zero attached hydrogens (tertiary/aromatic N) is 1. The molecule has 0 fully saturated rings. The topological polar surface area (TPSA) is 69.6 Å². The minimum Gasteiger partial charge on any atom is -0.465 e. The number of benzene rings is 2. The second-order valence-corrected chi connectivity index (χ2v) is 5.56. The number of carbonyl (C=O) groups excluding carboxylic acids is 1. The fourth-order valence-electron chi connectivity index (χ4n) is 2.94. The van der Waals surface area contributed by atoms with Gasteiger partial charge in [-0.2, -0.15) is 0 Å². The summed E-state index contributed by atoms with van der Waals surface area (Å²) in [6.45, 7) is 0.378. The van der Waals surface area contributed by atoms with Crippen LogP contribution in [0.15, 0.2) is 54.6 Å². The quantitative estimate of drug-likeness (QED) is 0.895. The maximum atomic E-state index is 12.3. The average molecular weight is 347 g/mol. The van der Waals surface area contributed by atoms with Gasteiger partial charge in [0, 0.05) is 6.54 Å². The Kier molecular flexibility index (Phi) is 5.82. The molecular formula is C18H19ClN2O3. The Balaban J connectivity index is 0.00000208. The van der Waals surface area contributed by atoms with E-state index in [0.717, 1.165) is 11.1 Å². The normalized spacial score (nSPS) is 15.8. The number of hydrogen-bond donors (Lipinski definition) is 2.